The van der Waals surface area contributed by atoms with Crippen LogP contribution >= 0.6 is 0 Å². The molecule has 0 saturated heterocycles. The monoisotopic (exact) mass is 392 g/mol. The van der Waals surface area contributed by atoms with Gasteiger partial charge >= 0.3 is 6.09 Å². The van der Waals surface area contributed by atoms with Crippen LogP contribution in [-0.2, 0) is 22.6 Å². The summed E-state index contributed by atoms with van der Waals surface area (Å²) in [5.74, 6) is 0.0346. The molecule has 1 saturated carbocycles. The second-order valence-corrected chi connectivity index (χ2v) is 7.97. The molecule has 1 aliphatic heterocycles. The van der Waals surface area contributed by atoms with Gasteiger partial charge < -0.3 is 15.0 Å². The van der Waals surface area contributed by atoms with Gasteiger partial charge in [0.1, 0.15) is 12.6 Å². The van der Waals surface area contributed by atoms with Crippen molar-refractivity contribution in [2.24, 2.45) is 0 Å². The zero-order chi connectivity index (χ0) is 20.1. The molecule has 1 amide bonds. The van der Waals surface area contributed by atoms with E-state index in [1.54, 1.807) is 0 Å². The number of amides is 1. The van der Waals surface area contributed by atoms with E-state index >= 15 is 0 Å². The average molecular weight is 392 g/mol. The highest BCUT2D eigenvalue weighted by Gasteiger charge is 2.33. The lowest BCUT2D eigenvalue weighted by atomic mass is 9.93. The molecule has 2 aliphatic rings. The van der Waals surface area contributed by atoms with Gasteiger partial charge in [0, 0.05) is 24.7 Å². The molecule has 0 aromatic heterocycles. The Kier molecular flexibility index (Phi) is 6.13. The van der Waals surface area contributed by atoms with Crippen LogP contribution in [0.2, 0.25) is 0 Å². The van der Waals surface area contributed by atoms with Crippen molar-refractivity contribution in [2.45, 2.75) is 57.2 Å². The molecule has 0 spiro atoms. The van der Waals surface area contributed by atoms with Gasteiger partial charge in [-0.1, -0.05) is 67.8 Å². The first-order valence-electron chi connectivity index (χ1n) is 10.5. The molecule has 2 aromatic carbocycles. The minimum absolute atomic E-state index is 0.0346. The average Bonchev–Trinajstić information content (AvgIpc) is 2.90. The zero-order valence-electron chi connectivity index (χ0n) is 16.7. The van der Waals surface area contributed by atoms with Gasteiger partial charge in [0.15, 0.2) is 5.78 Å². The molecule has 4 rings (SSSR count). The van der Waals surface area contributed by atoms with E-state index in [2.05, 4.69) is 16.3 Å². The maximum atomic E-state index is 12.9. The number of rotatable bonds is 4. The first-order chi connectivity index (χ1) is 14.2. The van der Waals surface area contributed by atoms with E-state index < -0.39 is 12.1 Å². The Balaban J connectivity index is 1.47. The lowest BCUT2D eigenvalue weighted by Crippen LogP contribution is -2.50. The molecule has 152 valence electrons. The van der Waals surface area contributed by atoms with Crippen molar-refractivity contribution in [3.05, 3.63) is 65.7 Å². The molecule has 1 atom stereocenters. The van der Waals surface area contributed by atoms with Gasteiger partial charge in [0.2, 0.25) is 0 Å². The van der Waals surface area contributed by atoms with Crippen LogP contribution in [0.4, 0.5) is 10.5 Å². The fraction of sp³-hybridized carbons (Fsp3) is 0.417. The number of para-hydroxylation sites is 1. The van der Waals surface area contributed by atoms with Crippen LogP contribution in [0.15, 0.2) is 54.6 Å². The largest absolute Gasteiger partial charge is 0.445 e. The second kappa shape index (κ2) is 9.12. The summed E-state index contributed by atoms with van der Waals surface area (Å²) >= 11 is 0. The predicted molar refractivity (Wildman–Crippen MR) is 113 cm³/mol. The lowest BCUT2D eigenvalue weighted by molar-refractivity contribution is -0.120. The van der Waals surface area contributed by atoms with E-state index in [-0.39, 0.29) is 12.4 Å². The maximum Gasteiger partial charge on any atom is 0.408 e. The Labute approximate surface area is 172 Å². The zero-order valence-corrected chi connectivity index (χ0v) is 16.7. The third-order valence-corrected chi connectivity index (χ3v) is 5.95. The number of Topliss-reactive ketones (excluding diaryl/α,β-unsaturated/α-hetero) is 1. The third kappa shape index (κ3) is 4.78. The van der Waals surface area contributed by atoms with E-state index in [1.807, 2.05) is 48.5 Å². The van der Waals surface area contributed by atoms with Crippen LogP contribution in [0.5, 0.6) is 0 Å². The summed E-state index contributed by atoms with van der Waals surface area (Å²) in [4.78, 5) is 27.7. The molecule has 1 heterocycles. The molecule has 1 N–H and O–H groups in total. The topological polar surface area (TPSA) is 58.6 Å². The third-order valence-electron chi connectivity index (χ3n) is 5.95. The minimum Gasteiger partial charge on any atom is -0.445 e. The number of nitrogens with zero attached hydrogens (tertiary/aromatic N) is 1. The number of carbonyl (C=O) groups excluding carboxylic acids is 2. The Morgan fingerprint density at radius 3 is 2.52 bits per heavy atom. The summed E-state index contributed by atoms with van der Waals surface area (Å²) < 4.78 is 5.36. The van der Waals surface area contributed by atoms with Crippen molar-refractivity contribution in [2.75, 3.05) is 11.4 Å². The molecule has 29 heavy (non-hydrogen) atoms. The van der Waals surface area contributed by atoms with Gasteiger partial charge in [0.05, 0.1) is 0 Å². The number of ether oxygens (including phenoxy) is 1. The van der Waals surface area contributed by atoms with Crippen molar-refractivity contribution in [3.63, 3.8) is 0 Å². The molecule has 0 radical (unpaired) electrons. The first kappa shape index (κ1) is 19.5. The maximum absolute atomic E-state index is 12.9. The summed E-state index contributed by atoms with van der Waals surface area (Å²) in [7, 11) is 0. The summed E-state index contributed by atoms with van der Waals surface area (Å²) in [5, 5.41) is 2.83. The molecule has 0 unspecified atom stereocenters. The Morgan fingerprint density at radius 2 is 1.72 bits per heavy atom. The van der Waals surface area contributed by atoms with Gasteiger partial charge in [-0.25, -0.2) is 4.79 Å². The molecule has 5 nitrogen and oxygen atoms in total. The first-order valence-corrected chi connectivity index (χ1v) is 10.5. The van der Waals surface area contributed by atoms with E-state index in [0.29, 0.717) is 19.0 Å². The van der Waals surface area contributed by atoms with E-state index in [1.165, 1.54) is 19.3 Å². The number of nitrogens with one attached hydrogen (secondary N) is 1. The van der Waals surface area contributed by atoms with Gasteiger partial charge in [-0.15, -0.1) is 0 Å². The highest BCUT2D eigenvalue weighted by atomic mass is 16.5. The number of fused-ring (bicyclic) bond motifs is 1. The number of benzene rings is 2. The Hall–Kier alpha value is -2.82. The van der Waals surface area contributed by atoms with Crippen molar-refractivity contribution in [1.82, 2.24) is 5.32 Å². The summed E-state index contributed by atoms with van der Waals surface area (Å²) in [5.41, 5.74) is 3.10. The number of hydrogen-bond acceptors (Lipinski definition) is 4. The molecular formula is C24H28N2O3. The van der Waals surface area contributed by atoms with Crippen molar-refractivity contribution < 1.29 is 14.3 Å². The van der Waals surface area contributed by atoms with E-state index in [4.69, 9.17) is 4.74 Å². The van der Waals surface area contributed by atoms with Crippen LogP contribution in [-0.4, -0.2) is 30.5 Å². The lowest BCUT2D eigenvalue weighted by Gasteiger charge is -2.37. The summed E-state index contributed by atoms with van der Waals surface area (Å²) in [6, 6.07) is 17.5. The van der Waals surface area contributed by atoms with E-state index in [0.717, 1.165) is 29.7 Å². The van der Waals surface area contributed by atoms with Gasteiger partial charge in [0.25, 0.3) is 0 Å². The van der Waals surface area contributed by atoms with Crippen LogP contribution in [0, 0.1) is 0 Å². The van der Waals surface area contributed by atoms with Crippen molar-refractivity contribution >= 4 is 17.6 Å². The van der Waals surface area contributed by atoms with Crippen LogP contribution < -0.4 is 10.2 Å². The molecule has 0 bridgehead atoms. The number of anilines is 1. The predicted octanol–water partition coefficient (Wildman–Crippen LogP) is 4.25. The molecule has 5 heteroatoms. The SMILES string of the molecule is O=C(N[C@@H]1CN(C2CCCCC2)c2ccccc2CC1=O)OCc1ccccc1. The highest BCUT2D eigenvalue weighted by molar-refractivity contribution is 5.92. The molecule has 1 aliphatic carbocycles. The summed E-state index contributed by atoms with van der Waals surface area (Å²) in [6.45, 7) is 0.696. The quantitative estimate of drug-likeness (QED) is 0.845. The van der Waals surface area contributed by atoms with Crippen LogP contribution in [0.3, 0.4) is 0 Å². The fourth-order valence-electron chi connectivity index (χ4n) is 4.42. The minimum atomic E-state index is -0.562. The molecule has 1 fully saturated rings. The number of carbonyl (C=O) groups is 2. The van der Waals surface area contributed by atoms with Crippen LogP contribution in [0.25, 0.3) is 0 Å². The van der Waals surface area contributed by atoms with Crippen molar-refractivity contribution in [3.8, 4) is 0 Å². The van der Waals surface area contributed by atoms with Gasteiger partial charge in [-0.05, 0) is 30.0 Å². The fourth-order valence-corrected chi connectivity index (χ4v) is 4.42. The normalized spacial score (nSPS) is 19.9. The number of hydrogen-bond donors (Lipinski definition) is 1. The van der Waals surface area contributed by atoms with Crippen LogP contribution in [0.1, 0.15) is 43.2 Å². The Morgan fingerprint density at radius 1 is 1.00 bits per heavy atom. The Bertz CT molecular complexity index is 846. The van der Waals surface area contributed by atoms with Gasteiger partial charge in [-0.2, -0.15) is 0 Å². The van der Waals surface area contributed by atoms with Gasteiger partial charge in [-0.3, -0.25) is 4.79 Å². The van der Waals surface area contributed by atoms with E-state index in [9.17, 15) is 9.59 Å². The number of ketones is 1. The molecular weight excluding hydrogens is 364 g/mol. The standard InChI is InChI=1S/C24H28N2O3/c27-23-15-19-11-7-8-14-22(19)26(20-12-5-2-6-13-20)16-21(23)25-24(28)29-17-18-9-3-1-4-10-18/h1,3-4,7-11,14,20-21H,2,5-6,12-13,15-17H2,(H,25,28)/t21-/m1/s1. The molecule has 2 aromatic rings. The summed E-state index contributed by atoms with van der Waals surface area (Å²) in [6.07, 6.45) is 5.77. The second-order valence-electron chi connectivity index (χ2n) is 7.97. The highest BCUT2D eigenvalue weighted by Crippen LogP contribution is 2.32. The van der Waals surface area contributed by atoms with Crippen molar-refractivity contribution in [1.29, 1.82) is 0 Å². The number of alkyl carbamates (subject to hydrolysis) is 1. The smallest absolute Gasteiger partial charge is 0.408 e.